The lowest BCUT2D eigenvalue weighted by Gasteiger charge is -2.11. The smallest absolute Gasteiger partial charge is 0.284 e. The van der Waals surface area contributed by atoms with E-state index in [0.717, 1.165) is 0 Å². The molecule has 0 amide bonds. The summed E-state index contributed by atoms with van der Waals surface area (Å²) in [4.78, 5) is 9.43. The molecule has 0 aromatic heterocycles. The molecular weight excluding hydrogens is 145 g/mol. The Balaban J connectivity index is 3.90. The predicted molar refractivity (Wildman–Crippen MR) is 30.4 cm³/mol. The Hall–Kier alpha value is -0.540. The van der Waals surface area contributed by atoms with Gasteiger partial charge in [0.2, 0.25) is 0 Å². The average molecular weight is 153 g/mol. The fourth-order valence-electron chi connectivity index (χ4n) is 0.499. The number of hydrogen-bond acceptors (Lipinski definition) is 1. The van der Waals surface area contributed by atoms with Gasteiger partial charge in [0.25, 0.3) is 6.29 Å². The molecule has 0 aliphatic heterocycles. The van der Waals surface area contributed by atoms with Crippen molar-refractivity contribution < 1.29 is 18.0 Å². The van der Waals surface area contributed by atoms with Gasteiger partial charge in [-0.25, -0.2) is 4.39 Å². The van der Waals surface area contributed by atoms with E-state index in [9.17, 15) is 18.0 Å². The van der Waals surface area contributed by atoms with Crippen molar-refractivity contribution in [3.05, 3.63) is 0 Å². The summed E-state index contributed by atoms with van der Waals surface area (Å²) < 4.78 is 36.0. The fourth-order valence-corrected chi connectivity index (χ4v) is 0.499. The lowest BCUT2D eigenvalue weighted by Crippen LogP contribution is -2.31. The third kappa shape index (κ3) is 2.37. The van der Waals surface area contributed by atoms with Crippen LogP contribution in [0.4, 0.5) is 13.2 Å². The molecule has 4 heteroatoms. The molecule has 0 aromatic carbocycles. The van der Waals surface area contributed by atoms with Gasteiger partial charge in [0, 0.05) is 0 Å². The summed E-state index contributed by atoms with van der Waals surface area (Å²) in [7, 11) is 0. The van der Waals surface area contributed by atoms with Crippen LogP contribution < -0.4 is 0 Å². The normalized spacial score (nSPS) is 14.8. The molecule has 0 rings (SSSR count). The standard InChI is InChI=1S/C6H8F3O/c1-2-3-5(7)6(8,9)4-10/h5H,2-3H2,1H3. The molecule has 0 saturated heterocycles. The Morgan fingerprint density at radius 1 is 1.60 bits per heavy atom. The topological polar surface area (TPSA) is 17.1 Å². The lowest BCUT2D eigenvalue weighted by atomic mass is 10.1. The number of rotatable bonds is 4. The van der Waals surface area contributed by atoms with Crippen LogP contribution in [-0.4, -0.2) is 18.4 Å². The molecule has 0 saturated carbocycles. The first-order valence-electron chi connectivity index (χ1n) is 2.95. The van der Waals surface area contributed by atoms with Crippen LogP contribution in [0.25, 0.3) is 0 Å². The van der Waals surface area contributed by atoms with E-state index in [-0.39, 0.29) is 6.42 Å². The van der Waals surface area contributed by atoms with Crippen LogP contribution in [0.5, 0.6) is 0 Å². The van der Waals surface area contributed by atoms with Crippen LogP contribution in [0.15, 0.2) is 0 Å². The minimum Gasteiger partial charge on any atom is -0.284 e. The van der Waals surface area contributed by atoms with Gasteiger partial charge < -0.3 is 0 Å². The first kappa shape index (κ1) is 9.46. The molecule has 1 unspecified atom stereocenters. The molecule has 1 nitrogen and oxygen atoms in total. The third-order valence-corrected chi connectivity index (χ3v) is 1.07. The molecule has 0 fully saturated rings. The highest BCUT2D eigenvalue weighted by Crippen LogP contribution is 2.22. The maximum Gasteiger partial charge on any atom is 0.343 e. The van der Waals surface area contributed by atoms with Gasteiger partial charge in [-0.3, -0.25) is 4.79 Å². The Labute approximate surface area is 57.2 Å². The highest BCUT2D eigenvalue weighted by Gasteiger charge is 2.40. The monoisotopic (exact) mass is 153 g/mol. The van der Waals surface area contributed by atoms with E-state index in [1.807, 2.05) is 0 Å². The van der Waals surface area contributed by atoms with Crippen LogP contribution in [0.3, 0.4) is 0 Å². The number of alkyl halides is 3. The third-order valence-electron chi connectivity index (χ3n) is 1.07. The minimum absolute atomic E-state index is 0.290. The lowest BCUT2D eigenvalue weighted by molar-refractivity contribution is -0.0136. The second kappa shape index (κ2) is 3.58. The Morgan fingerprint density at radius 2 is 2.10 bits per heavy atom. The molecule has 1 radical (unpaired) electrons. The Kier molecular flexibility index (Phi) is 3.39. The van der Waals surface area contributed by atoms with Crippen LogP contribution in [-0.2, 0) is 4.79 Å². The highest BCUT2D eigenvalue weighted by atomic mass is 19.3. The van der Waals surface area contributed by atoms with Crippen molar-refractivity contribution in [1.82, 2.24) is 0 Å². The average Bonchev–Trinajstić information content (AvgIpc) is 1.89. The fraction of sp³-hybridized carbons (Fsp3) is 0.833. The number of carbonyl (C=O) groups excluding carboxylic acids is 1. The zero-order valence-electron chi connectivity index (χ0n) is 5.53. The zero-order chi connectivity index (χ0) is 8.20. The van der Waals surface area contributed by atoms with Gasteiger partial charge in [0.05, 0.1) is 0 Å². The largest absolute Gasteiger partial charge is 0.343 e. The van der Waals surface area contributed by atoms with Crippen LogP contribution in [0.1, 0.15) is 19.8 Å². The summed E-state index contributed by atoms with van der Waals surface area (Å²) in [6.45, 7) is 1.56. The van der Waals surface area contributed by atoms with Crippen molar-refractivity contribution in [2.75, 3.05) is 0 Å². The van der Waals surface area contributed by atoms with Gasteiger partial charge in [-0.05, 0) is 6.42 Å². The maximum absolute atomic E-state index is 12.2. The number of hydrogen-bond donors (Lipinski definition) is 0. The molecule has 1 atom stereocenters. The van der Waals surface area contributed by atoms with E-state index in [1.54, 1.807) is 6.92 Å². The molecule has 10 heavy (non-hydrogen) atoms. The minimum atomic E-state index is -3.92. The summed E-state index contributed by atoms with van der Waals surface area (Å²) in [6, 6.07) is 0. The molecule has 59 valence electrons. The maximum atomic E-state index is 12.2. The molecule has 0 aliphatic rings. The molecule has 0 aromatic rings. The Bertz CT molecular complexity index is 114. The molecule has 0 heterocycles. The predicted octanol–water partition coefficient (Wildman–Crippen LogP) is 1.87. The summed E-state index contributed by atoms with van der Waals surface area (Å²) in [6.07, 6.45) is -2.03. The SMILES string of the molecule is CCCC(F)C(F)(F)[C]=O. The van der Waals surface area contributed by atoms with Crippen molar-refractivity contribution in [3.8, 4) is 0 Å². The van der Waals surface area contributed by atoms with Crippen molar-refractivity contribution >= 4 is 6.29 Å². The van der Waals surface area contributed by atoms with Crippen LogP contribution >= 0.6 is 0 Å². The quantitative estimate of drug-likeness (QED) is 0.602. The van der Waals surface area contributed by atoms with Gasteiger partial charge >= 0.3 is 5.92 Å². The summed E-state index contributed by atoms with van der Waals surface area (Å²) in [5, 5.41) is 0. The first-order valence-corrected chi connectivity index (χ1v) is 2.95. The molecule has 0 bridgehead atoms. The van der Waals surface area contributed by atoms with Crippen molar-refractivity contribution in [2.45, 2.75) is 31.9 Å². The van der Waals surface area contributed by atoms with E-state index < -0.39 is 12.1 Å². The zero-order valence-corrected chi connectivity index (χ0v) is 5.53. The van der Waals surface area contributed by atoms with E-state index in [0.29, 0.717) is 12.7 Å². The van der Waals surface area contributed by atoms with E-state index in [1.165, 1.54) is 0 Å². The second-order valence-electron chi connectivity index (χ2n) is 1.98. The van der Waals surface area contributed by atoms with Crippen molar-refractivity contribution in [1.29, 1.82) is 0 Å². The van der Waals surface area contributed by atoms with Gasteiger partial charge in [0.15, 0.2) is 6.17 Å². The summed E-state index contributed by atoms with van der Waals surface area (Å²) in [5.74, 6) is -3.92. The molecular formula is C6H8F3O. The summed E-state index contributed by atoms with van der Waals surface area (Å²) >= 11 is 0. The second-order valence-corrected chi connectivity index (χ2v) is 1.98. The first-order chi connectivity index (χ1) is 4.54. The summed E-state index contributed by atoms with van der Waals surface area (Å²) in [5.41, 5.74) is 0. The van der Waals surface area contributed by atoms with Crippen LogP contribution in [0.2, 0.25) is 0 Å². The molecule has 0 N–H and O–H groups in total. The molecule has 0 spiro atoms. The van der Waals surface area contributed by atoms with E-state index in [2.05, 4.69) is 0 Å². The Morgan fingerprint density at radius 3 is 2.40 bits per heavy atom. The van der Waals surface area contributed by atoms with Gasteiger partial charge in [-0.15, -0.1) is 0 Å². The van der Waals surface area contributed by atoms with Gasteiger partial charge in [-0.1, -0.05) is 13.3 Å². The van der Waals surface area contributed by atoms with Crippen molar-refractivity contribution in [2.24, 2.45) is 0 Å². The number of halogens is 3. The van der Waals surface area contributed by atoms with Crippen LogP contribution in [0, 0.1) is 0 Å². The van der Waals surface area contributed by atoms with Gasteiger partial charge in [-0.2, -0.15) is 8.78 Å². The van der Waals surface area contributed by atoms with Gasteiger partial charge in [0.1, 0.15) is 0 Å². The van der Waals surface area contributed by atoms with E-state index in [4.69, 9.17) is 0 Å². The van der Waals surface area contributed by atoms with Crippen molar-refractivity contribution in [3.63, 3.8) is 0 Å². The molecule has 0 aliphatic carbocycles. The van der Waals surface area contributed by atoms with E-state index >= 15 is 0 Å². The highest BCUT2D eigenvalue weighted by molar-refractivity contribution is 5.61.